The van der Waals surface area contributed by atoms with Gasteiger partial charge in [0.1, 0.15) is 0 Å². The molecule has 2 heteroatoms. The van der Waals surface area contributed by atoms with Crippen LogP contribution < -0.4 is 5.73 Å². The van der Waals surface area contributed by atoms with Crippen molar-refractivity contribution in [2.24, 2.45) is 17.1 Å². The van der Waals surface area contributed by atoms with Crippen molar-refractivity contribution in [2.45, 2.75) is 70.4 Å². The smallest absolute Gasteiger partial charge is 0.0211 e. The summed E-state index contributed by atoms with van der Waals surface area (Å²) >= 11 is 2.11. The fourth-order valence-corrected chi connectivity index (χ4v) is 3.90. The monoisotopic (exact) mass is 229 g/mol. The van der Waals surface area contributed by atoms with Crippen molar-refractivity contribution >= 4 is 11.8 Å². The lowest BCUT2D eigenvalue weighted by Gasteiger charge is -2.42. The van der Waals surface area contributed by atoms with Gasteiger partial charge in [-0.1, -0.05) is 41.0 Å². The van der Waals surface area contributed by atoms with Crippen molar-refractivity contribution in [3.05, 3.63) is 0 Å². The summed E-state index contributed by atoms with van der Waals surface area (Å²) in [6.07, 6.45) is 3.96. The van der Waals surface area contributed by atoms with Crippen LogP contribution in [0, 0.1) is 11.3 Å². The van der Waals surface area contributed by atoms with Crippen molar-refractivity contribution < 1.29 is 0 Å². The Morgan fingerprint density at radius 2 is 1.87 bits per heavy atom. The molecule has 1 aliphatic carbocycles. The van der Waals surface area contributed by atoms with Gasteiger partial charge in [-0.25, -0.2) is 0 Å². The van der Waals surface area contributed by atoms with Crippen LogP contribution in [0.1, 0.15) is 53.9 Å². The summed E-state index contributed by atoms with van der Waals surface area (Å²) in [5.41, 5.74) is 6.72. The highest BCUT2D eigenvalue weighted by molar-refractivity contribution is 8.00. The van der Waals surface area contributed by atoms with E-state index in [2.05, 4.69) is 46.4 Å². The Morgan fingerprint density at radius 1 is 1.27 bits per heavy atom. The molecule has 0 aromatic heterocycles. The van der Waals surface area contributed by atoms with Gasteiger partial charge in [0.05, 0.1) is 0 Å². The van der Waals surface area contributed by atoms with E-state index >= 15 is 0 Å². The first-order valence-corrected chi connectivity index (χ1v) is 7.20. The minimum Gasteiger partial charge on any atom is -0.326 e. The average molecular weight is 229 g/mol. The zero-order valence-electron chi connectivity index (χ0n) is 10.9. The zero-order valence-corrected chi connectivity index (χ0v) is 11.7. The number of nitrogens with two attached hydrogens (primary N) is 1. The lowest BCUT2D eigenvalue weighted by molar-refractivity contribution is 0.208. The molecule has 0 aromatic rings. The largest absolute Gasteiger partial charge is 0.326 e. The van der Waals surface area contributed by atoms with Crippen LogP contribution in [0.4, 0.5) is 0 Å². The molecule has 0 radical (unpaired) electrons. The molecule has 1 rings (SSSR count). The third-order valence-electron chi connectivity index (χ3n) is 3.94. The Morgan fingerprint density at radius 3 is 2.40 bits per heavy atom. The number of rotatable bonds is 3. The predicted octanol–water partition coefficient (Wildman–Crippen LogP) is 3.67. The second kappa shape index (κ2) is 5.09. The summed E-state index contributed by atoms with van der Waals surface area (Å²) < 4.78 is 0. The lowest BCUT2D eigenvalue weighted by atomic mass is 9.73. The fraction of sp³-hybridized carbons (Fsp3) is 1.00. The van der Waals surface area contributed by atoms with Gasteiger partial charge in [-0.05, 0) is 24.2 Å². The molecule has 0 spiro atoms. The number of hydrogen-bond acceptors (Lipinski definition) is 2. The van der Waals surface area contributed by atoms with Gasteiger partial charge in [-0.15, -0.1) is 0 Å². The minimum atomic E-state index is 0.340. The Bertz CT molecular complexity index is 201. The normalized spacial score (nSPS) is 33.0. The second-order valence-corrected chi connectivity index (χ2v) is 7.65. The Balaban J connectivity index is 2.55. The van der Waals surface area contributed by atoms with Gasteiger partial charge in [0.25, 0.3) is 0 Å². The molecule has 90 valence electrons. The summed E-state index contributed by atoms with van der Waals surface area (Å²) in [6, 6.07) is 0.373. The van der Waals surface area contributed by atoms with Crippen LogP contribution in [0.15, 0.2) is 0 Å². The molecule has 1 nitrogen and oxygen atoms in total. The quantitative estimate of drug-likeness (QED) is 0.799. The summed E-state index contributed by atoms with van der Waals surface area (Å²) in [5, 5.41) is 1.40. The van der Waals surface area contributed by atoms with Crippen molar-refractivity contribution in [3.8, 4) is 0 Å². The van der Waals surface area contributed by atoms with Crippen LogP contribution in [0.5, 0.6) is 0 Å². The first kappa shape index (κ1) is 13.4. The van der Waals surface area contributed by atoms with E-state index in [9.17, 15) is 0 Å². The van der Waals surface area contributed by atoms with Gasteiger partial charge in [-0.3, -0.25) is 0 Å². The lowest BCUT2D eigenvalue weighted by Crippen LogP contribution is -2.48. The third kappa shape index (κ3) is 3.39. The molecule has 1 aliphatic rings. The summed E-state index contributed by atoms with van der Waals surface area (Å²) in [6.45, 7) is 11.6. The third-order valence-corrected chi connectivity index (χ3v) is 5.79. The predicted molar refractivity (Wildman–Crippen MR) is 71.3 cm³/mol. The van der Waals surface area contributed by atoms with Crippen LogP contribution in [0.25, 0.3) is 0 Å². The Labute approximate surface area is 99.6 Å². The highest BCUT2D eigenvalue weighted by atomic mass is 32.2. The van der Waals surface area contributed by atoms with Gasteiger partial charge < -0.3 is 5.73 Å². The molecule has 0 aliphatic heterocycles. The molecule has 0 aromatic carbocycles. The van der Waals surface area contributed by atoms with Crippen LogP contribution in [-0.2, 0) is 0 Å². The summed E-state index contributed by atoms with van der Waals surface area (Å²) in [7, 11) is 0. The van der Waals surface area contributed by atoms with Crippen molar-refractivity contribution in [2.75, 3.05) is 0 Å². The first-order chi connectivity index (χ1) is 6.84. The molecule has 3 unspecified atom stereocenters. The Hall–Kier alpha value is 0.310. The molecule has 0 saturated heterocycles. The highest BCUT2D eigenvalue weighted by Gasteiger charge is 2.37. The number of thioether (sulfide) groups is 1. The minimum absolute atomic E-state index is 0.340. The molecular weight excluding hydrogens is 202 g/mol. The number of hydrogen-bond donors (Lipinski definition) is 1. The van der Waals surface area contributed by atoms with E-state index in [-0.39, 0.29) is 0 Å². The molecule has 2 N–H and O–H groups in total. The van der Waals surface area contributed by atoms with E-state index in [0.717, 1.165) is 11.2 Å². The molecule has 0 amide bonds. The van der Waals surface area contributed by atoms with E-state index in [1.54, 1.807) is 0 Å². The highest BCUT2D eigenvalue weighted by Crippen LogP contribution is 2.41. The van der Waals surface area contributed by atoms with E-state index in [1.807, 2.05) is 0 Å². The van der Waals surface area contributed by atoms with Crippen molar-refractivity contribution in [3.63, 3.8) is 0 Å². The van der Waals surface area contributed by atoms with Gasteiger partial charge in [0.15, 0.2) is 0 Å². The van der Waals surface area contributed by atoms with E-state index in [0.29, 0.717) is 16.7 Å². The molecule has 1 saturated carbocycles. The maximum absolute atomic E-state index is 6.38. The molecule has 1 fully saturated rings. The molecule has 0 heterocycles. The van der Waals surface area contributed by atoms with Gasteiger partial charge in [0.2, 0.25) is 0 Å². The standard InChI is InChI=1S/C13H27NS/c1-9(2)10(3)15-11-7-6-8-13(4,5)12(11)14/h9-12H,6-8,14H2,1-5H3. The summed E-state index contributed by atoms with van der Waals surface area (Å²) in [5.74, 6) is 0.757. The average Bonchev–Trinajstić information content (AvgIpc) is 2.12. The van der Waals surface area contributed by atoms with Gasteiger partial charge >= 0.3 is 0 Å². The van der Waals surface area contributed by atoms with Crippen LogP contribution in [0.2, 0.25) is 0 Å². The Kier molecular flexibility index (Phi) is 4.54. The van der Waals surface area contributed by atoms with E-state index < -0.39 is 0 Å². The van der Waals surface area contributed by atoms with Crippen LogP contribution >= 0.6 is 11.8 Å². The van der Waals surface area contributed by atoms with Gasteiger partial charge in [-0.2, -0.15) is 11.8 Å². The summed E-state index contributed by atoms with van der Waals surface area (Å²) in [4.78, 5) is 0. The van der Waals surface area contributed by atoms with E-state index in [1.165, 1.54) is 19.3 Å². The van der Waals surface area contributed by atoms with Crippen molar-refractivity contribution in [1.82, 2.24) is 0 Å². The van der Waals surface area contributed by atoms with E-state index in [4.69, 9.17) is 5.73 Å². The molecular formula is C13H27NS. The van der Waals surface area contributed by atoms with Crippen molar-refractivity contribution in [1.29, 1.82) is 0 Å². The molecule has 15 heavy (non-hydrogen) atoms. The molecule has 3 atom stereocenters. The maximum atomic E-state index is 6.38. The first-order valence-electron chi connectivity index (χ1n) is 6.25. The topological polar surface area (TPSA) is 26.0 Å². The van der Waals surface area contributed by atoms with Crippen LogP contribution in [-0.4, -0.2) is 16.5 Å². The maximum Gasteiger partial charge on any atom is 0.0211 e. The van der Waals surface area contributed by atoms with Crippen LogP contribution in [0.3, 0.4) is 0 Å². The SMILES string of the molecule is CC(C)C(C)SC1CCCC(C)(C)C1N. The van der Waals surface area contributed by atoms with Gasteiger partial charge in [0, 0.05) is 16.5 Å². The zero-order chi connectivity index (χ0) is 11.6. The molecule has 0 bridgehead atoms. The second-order valence-electron chi connectivity index (χ2n) is 6.03. The fourth-order valence-electron chi connectivity index (χ4n) is 2.19.